The normalized spacial score (nSPS) is 12.4. The Hall–Kier alpha value is -3.64. The first-order chi connectivity index (χ1) is 20.2. The highest BCUT2D eigenvalue weighted by molar-refractivity contribution is 7.92. The number of benzene rings is 3. The van der Waals surface area contributed by atoms with Crippen LogP contribution in [0.1, 0.15) is 36.5 Å². The van der Waals surface area contributed by atoms with Gasteiger partial charge in [0.05, 0.1) is 22.5 Å². The largest absolute Gasteiger partial charge is 0.417 e. The van der Waals surface area contributed by atoms with Crippen molar-refractivity contribution in [2.24, 2.45) is 0 Å². The van der Waals surface area contributed by atoms with E-state index < -0.39 is 69.2 Å². The van der Waals surface area contributed by atoms with Gasteiger partial charge in [-0.2, -0.15) is 13.2 Å². The van der Waals surface area contributed by atoms with Gasteiger partial charge in [-0.15, -0.1) is 0 Å². The van der Waals surface area contributed by atoms with Crippen molar-refractivity contribution >= 4 is 39.1 Å². The maximum atomic E-state index is 14.8. The van der Waals surface area contributed by atoms with E-state index in [2.05, 4.69) is 5.32 Å². The molecule has 3 aromatic rings. The van der Waals surface area contributed by atoms with Crippen LogP contribution in [0.2, 0.25) is 5.02 Å². The summed E-state index contributed by atoms with van der Waals surface area (Å²) in [5.41, 5.74) is -0.998. The fourth-order valence-electron chi connectivity index (χ4n) is 4.37. The molecule has 0 aliphatic carbocycles. The highest BCUT2D eigenvalue weighted by atomic mass is 35.5. The molecule has 2 amide bonds. The summed E-state index contributed by atoms with van der Waals surface area (Å²) in [4.78, 5) is 28.6. The van der Waals surface area contributed by atoms with Gasteiger partial charge < -0.3 is 10.2 Å². The van der Waals surface area contributed by atoms with Gasteiger partial charge in [-0.25, -0.2) is 12.8 Å². The summed E-state index contributed by atoms with van der Waals surface area (Å²) in [6, 6.07) is 15.6. The second kappa shape index (κ2) is 14.7. The third kappa shape index (κ3) is 9.42. The van der Waals surface area contributed by atoms with Crippen molar-refractivity contribution < 1.29 is 35.6 Å². The first-order valence-electron chi connectivity index (χ1n) is 13.4. The minimum atomic E-state index is -4.89. The Balaban J connectivity index is 2.09. The van der Waals surface area contributed by atoms with Crippen molar-refractivity contribution in [2.75, 3.05) is 23.7 Å². The number of rotatable bonds is 13. The van der Waals surface area contributed by atoms with Gasteiger partial charge in [-0.1, -0.05) is 73.5 Å². The van der Waals surface area contributed by atoms with E-state index in [1.807, 2.05) is 6.92 Å². The molecule has 0 heterocycles. The van der Waals surface area contributed by atoms with Gasteiger partial charge in [-0.3, -0.25) is 13.9 Å². The van der Waals surface area contributed by atoms with Gasteiger partial charge in [0.1, 0.15) is 18.4 Å². The number of carbonyl (C=O) groups excluding carboxylic acids is 2. The third-order valence-electron chi connectivity index (χ3n) is 6.62. The quantitative estimate of drug-likeness (QED) is 0.188. The topological polar surface area (TPSA) is 86.8 Å². The number of anilines is 1. The molecular formula is C30H32ClF4N3O4S. The fraction of sp³-hybridized carbons (Fsp3) is 0.333. The summed E-state index contributed by atoms with van der Waals surface area (Å²) in [5.74, 6) is -2.12. The average Bonchev–Trinajstić information content (AvgIpc) is 2.94. The van der Waals surface area contributed by atoms with Gasteiger partial charge in [0.25, 0.3) is 0 Å². The molecule has 0 radical (unpaired) electrons. The van der Waals surface area contributed by atoms with Crippen molar-refractivity contribution in [3.63, 3.8) is 0 Å². The molecular weight excluding hydrogens is 610 g/mol. The van der Waals surface area contributed by atoms with E-state index >= 15 is 0 Å². The molecule has 0 fully saturated rings. The lowest BCUT2D eigenvalue weighted by molar-refractivity contribution is -0.140. The van der Waals surface area contributed by atoms with E-state index in [0.29, 0.717) is 28.9 Å². The Morgan fingerprint density at radius 1 is 1.00 bits per heavy atom. The number of hydrogen-bond acceptors (Lipinski definition) is 4. The van der Waals surface area contributed by atoms with Crippen LogP contribution in [0.3, 0.4) is 0 Å². The van der Waals surface area contributed by atoms with Crippen LogP contribution in [-0.4, -0.2) is 50.5 Å². The smallest absolute Gasteiger partial charge is 0.354 e. The lowest BCUT2D eigenvalue weighted by Crippen LogP contribution is -2.53. The molecule has 7 nitrogen and oxygen atoms in total. The molecule has 3 rings (SSSR count). The zero-order chi connectivity index (χ0) is 31.8. The molecule has 0 spiro atoms. The molecule has 0 bridgehead atoms. The zero-order valence-electron chi connectivity index (χ0n) is 23.6. The van der Waals surface area contributed by atoms with E-state index in [1.165, 1.54) is 18.2 Å². The standard InChI is InChI=1S/C30H32ClF4N3O4S/c1-3-4-16-36-29(40)27(17-21-10-6-5-7-11-21)37(19-22-12-8-9-13-26(22)32)28(39)20-38(43(2,41)42)23-14-15-25(31)24(18-23)30(33,34)35/h5-15,18,27H,3-4,16-17,19-20H2,1-2H3,(H,36,40)/t27-/m0/s1. The Kier molecular flexibility index (Phi) is 11.6. The number of sulfonamides is 1. The molecule has 0 saturated heterocycles. The highest BCUT2D eigenvalue weighted by Crippen LogP contribution is 2.37. The van der Waals surface area contributed by atoms with Gasteiger partial charge in [-0.05, 0) is 36.2 Å². The van der Waals surface area contributed by atoms with Crippen molar-refractivity contribution in [3.8, 4) is 0 Å². The number of amides is 2. The molecule has 1 N–H and O–H groups in total. The van der Waals surface area contributed by atoms with Crippen LogP contribution in [0.15, 0.2) is 72.8 Å². The van der Waals surface area contributed by atoms with E-state index in [4.69, 9.17) is 11.6 Å². The number of carbonyl (C=O) groups is 2. The summed E-state index contributed by atoms with van der Waals surface area (Å²) >= 11 is 5.72. The number of hydrogen-bond donors (Lipinski definition) is 1. The van der Waals surface area contributed by atoms with Crippen LogP contribution >= 0.6 is 11.6 Å². The van der Waals surface area contributed by atoms with Crippen molar-refractivity contribution in [3.05, 3.63) is 100 Å². The van der Waals surface area contributed by atoms with Crippen LogP contribution in [0.5, 0.6) is 0 Å². The van der Waals surface area contributed by atoms with E-state index in [9.17, 15) is 35.6 Å². The van der Waals surface area contributed by atoms with Crippen molar-refractivity contribution in [1.29, 1.82) is 0 Å². The third-order valence-corrected chi connectivity index (χ3v) is 8.09. The second-order valence-corrected chi connectivity index (χ2v) is 12.2. The van der Waals surface area contributed by atoms with Crippen LogP contribution in [0.4, 0.5) is 23.2 Å². The summed E-state index contributed by atoms with van der Waals surface area (Å²) in [7, 11) is -4.32. The minimum Gasteiger partial charge on any atom is -0.354 e. The number of unbranched alkanes of at least 4 members (excludes halogenated alkanes) is 1. The Bertz CT molecular complexity index is 1520. The second-order valence-electron chi connectivity index (χ2n) is 9.89. The summed E-state index contributed by atoms with van der Waals surface area (Å²) in [6.45, 7) is 0.876. The summed E-state index contributed by atoms with van der Waals surface area (Å²) in [5, 5.41) is 2.14. The first-order valence-corrected chi connectivity index (χ1v) is 15.6. The van der Waals surface area contributed by atoms with Gasteiger partial charge >= 0.3 is 6.18 Å². The lowest BCUT2D eigenvalue weighted by Gasteiger charge is -2.33. The molecule has 0 saturated carbocycles. The number of nitrogens with one attached hydrogen (secondary N) is 1. The minimum absolute atomic E-state index is 0.0109. The van der Waals surface area contributed by atoms with Crippen LogP contribution in [0.25, 0.3) is 0 Å². The van der Waals surface area contributed by atoms with E-state index in [1.54, 1.807) is 36.4 Å². The molecule has 232 valence electrons. The van der Waals surface area contributed by atoms with Crippen molar-refractivity contribution in [2.45, 2.75) is 44.9 Å². The maximum absolute atomic E-state index is 14.8. The highest BCUT2D eigenvalue weighted by Gasteiger charge is 2.36. The molecule has 43 heavy (non-hydrogen) atoms. The number of halogens is 5. The molecule has 3 aromatic carbocycles. The van der Waals surface area contributed by atoms with Crippen LogP contribution < -0.4 is 9.62 Å². The molecule has 0 aromatic heterocycles. The molecule has 13 heteroatoms. The Morgan fingerprint density at radius 2 is 1.65 bits per heavy atom. The lowest BCUT2D eigenvalue weighted by atomic mass is 10.0. The summed E-state index contributed by atoms with van der Waals surface area (Å²) in [6.07, 6.45) is -2.70. The molecule has 1 atom stereocenters. The Morgan fingerprint density at radius 3 is 2.26 bits per heavy atom. The predicted molar refractivity (Wildman–Crippen MR) is 157 cm³/mol. The van der Waals surface area contributed by atoms with Gasteiger partial charge in [0, 0.05) is 25.1 Å². The van der Waals surface area contributed by atoms with Crippen LogP contribution in [-0.2, 0) is 38.8 Å². The maximum Gasteiger partial charge on any atom is 0.417 e. The average molecular weight is 642 g/mol. The molecule has 0 unspecified atom stereocenters. The van der Waals surface area contributed by atoms with E-state index in [0.717, 1.165) is 29.7 Å². The zero-order valence-corrected chi connectivity index (χ0v) is 25.1. The number of nitrogens with zero attached hydrogens (tertiary/aromatic N) is 2. The fourth-order valence-corrected chi connectivity index (χ4v) is 5.44. The van der Waals surface area contributed by atoms with Crippen molar-refractivity contribution in [1.82, 2.24) is 10.2 Å². The van der Waals surface area contributed by atoms with Gasteiger partial charge in [0.15, 0.2) is 0 Å². The van der Waals surface area contributed by atoms with E-state index in [-0.39, 0.29) is 12.0 Å². The number of alkyl halides is 3. The molecule has 0 aliphatic heterocycles. The summed E-state index contributed by atoms with van der Waals surface area (Å²) < 4.78 is 81.7. The Labute approximate surface area is 253 Å². The van der Waals surface area contributed by atoms with Crippen LogP contribution in [0, 0.1) is 5.82 Å². The predicted octanol–water partition coefficient (Wildman–Crippen LogP) is 5.82. The molecule has 0 aliphatic rings. The first kappa shape index (κ1) is 33.9. The SMILES string of the molecule is CCCCNC(=O)[C@H](Cc1ccccc1)N(Cc1ccccc1F)C(=O)CN(c1ccc(Cl)c(C(F)(F)F)c1)S(C)(=O)=O. The monoisotopic (exact) mass is 641 g/mol. The van der Waals surface area contributed by atoms with Gasteiger partial charge in [0.2, 0.25) is 21.8 Å².